The molecule has 0 aromatic heterocycles. The highest BCUT2D eigenvalue weighted by Crippen LogP contribution is 2.29. The Labute approximate surface area is 150 Å². The number of methoxy groups -OCH3 is 1. The number of nitrogens with zero attached hydrogens (tertiary/aromatic N) is 1. The highest BCUT2D eigenvalue weighted by atomic mass is 16.5. The molecular weight excluding hydrogens is 336 g/mol. The summed E-state index contributed by atoms with van der Waals surface area (Å²) >= 11 is 0. The van der Waals surface area contributed by atoms with Gasteiger partial charge in [-0.2, -0.15) is 0 Å². The van der Waals surface area contributed by atoms with Crippen molar-refractivity contribution in [3.05, 3.63) is 53.6 Å². The minimum absolute atomic E-state index is 0.00716. The molecule has 26 heavy (non-hydrogen) atoms. The Bertz CT molecular complexity index is 893. The van der Waals surface area contributed by atoms with E-state index < -0.39 is 17.9 Å². The van der Waals surface area contributed by atoms with Gasteiger partial charge in [0.25, 0.3) is 5.91 Å². The lowest BCUT2D eigenvalue weighted by atomic mass is 10.1. The van der Waals surface area contributed by atoms with E-state index >= 15 is 0 Å². The average Bonchev–Trinajstić information content (AvgIpc) is 2.89. The first-order valence-corrected chi connectivity index (χ1v) is 8.02. The molecule has 2 aromatic rings. The van der Waals surface area contributed by atoms with Crippen molar-refractivity contribution < 1.29 is 24.2 Å². The minimum Gasteiger partial charge on any atom is -0.497 e. The first-order valence-electron chi connectivity index (χ1n) is 8.02. The fourth-order valence-corrected chi connectivity index (χ4v) is 2.90. The molecule has 0 spiro atoms. The largest absolute Gasteiger partial charge is 0.497 e. The molecule has 1 aliphatic heterocycles. The monoisotopic (exact) mass is 354 g/mol. The van der Waals surface area contributed by atoms with Crippen molar-refractivity contribution in [2.75, 3.05) is 17.3 Å². The number of hydrogen-bond acceptors (Lipinski definition) is 5. The number of aromatic carboxylic acids is 1. The van der Waals surface area contributed by atoms with Crippen molar-refractivity contribution in [3.8, 4) is 5.75 Å². The molecule has 0 bridgehead atoms. The summed E-state index contributed by atoms with van der Waals surface area (Å²) in [6.45, 7) is 1.73. The Kier molecular flexibility index (Phi) is 4.62. The van der Waals surface area contributed by atoms with Crippen molar-refractivity contribution in [2.45, 2.75) is 19.4 Å². The van der Waals surface area contributed by atoms with Crippen LogP contribution in [0.2, 0.25) is 0 Å². The molecule has 1 aliphatic rings. The van der Waals surface area contributed by atoms with Gasteiger partial charge in [-0.3, -0.25) is 9.59 Å². The van der Waals surface area contributed by atoms with Crippen LogP contribution in [-0.4, -0.2) is 36.0 Å². The van der Waals surface area contributed by atoms with Crippen molar-refractivity contribution in [1.82, 2.24) is 0 Å². The Hall–Kier alpha value is -3.35. The quantitative estimate of drug-likeness (QED) is 0.801. The van der Waals surface area contributed by atoms with Crippen LogP contribution in [-0.2, 0) is 9.59 Å². The summed E-state index contributed by atoms with van der Waals surface area (Å²) in [6, 6.07) is 10.7. The van der Waals surface area contributed by atoms with Crippen LogP contribution in [0.1, 0.15) is 22.3 Å². The van der Waals surface area contributed by atoms with Gasteiger partial charge in [0.15, 0.2) is 0 Å². The smallest absolute Gasteiger partial charge is 0.335 e. The fraction of sp³-hybridized carbons (Fsp3) is 0.211. The number of ether oxygens (including phenoxy) is 1. The summed E-state index contributed by atoms with van der Waals surface area (Å²) in [5.74, 6) is -1.27. The molecule has 2 aromatic carbocycles. The van der Waals surface area contributed by atoms with Crippen molar-refractivity contribution in [2.24, 2.45) is 0 Å². The molecule has 1 saturated heterocycles. The molecule has 3 rings (SSSR count). The Morgan fingerprint density at radius 1 is 1.23 bits per heavy atom. The lowest BCUT2D eigenvalue weighted by Crippen LogP contribution is -2.35. The van der Waals surface area contributed by atoms with E-state index in [0.717, 1.165) is 4.90 Å². The zero-order valence-electron chi connectivity index (χ0n) is 14.4. The minimum atomic E-state index is -1.11. The number of anilines is 2. The van der Waals surface area contributed by atoms with E-state index in [0.29, 0.717) is 22.7 Å². The zero-order valence-corrected chi connectivity index (χ0v) is 14.4. The van der Waals surface area contributed by atoms with E-state index in [2.05, 4.69) is 5.32 Å². The molecule has 7 heteroatoms. The van der Waals surface area contributed by atoms with Crippen LogP contribution in [0.25, 0.3) is 0 Å². The maximum atomic E-state index is 12.8. The number of hydrogen-bond donors (Lipinski definition) is 2. The molecular formula is C19H18N2O5. The number of benzene rings is 2. The van der Waals surface area contributed by atoms with Gasteiger partial charge in [0.05, 0.1) is 24.8 Å². The molecule has 1 fully saturated rings. The van der Waals surface area contributed by atoms with Gasteiger partial charge in [-0.05, 0) is 36.8 Å². The van der Waals surface area contributed by atoms with Gasteiger partial charge in [0.2, 0.25) is 5.91 Å². The summed E-state index contributed by atoms with van der Waals surface area (Å²) in [5.41, 5.74) is 1.64. The maximum Gasteiger partial charge on any atom is 0.335 e. The summed E-state index contributed by atoms with van der Waals surface area (Å²) < 4.78 is 5.15. The van der Waals surface area contributed by atoms with E-state index in [1.54, 1.807) is 44.4 Å². The third kappa shape index (κ3) is 3.23. The van der Waals surface area contributed by atoms with E-state index in [4.69, 9.17) is 9.84 Å². The average molecular weight is 354 g/mol. The second kappa shape index (κ2) is 6.87. The third-order valence-corrected chi connectivity index (χ3v) is 4.25. The number of imide groups is 1. The van der Waals surface area contributed by atoms with Crippen LogP contribution in [0, 0.1) is 6.92 Å². The molecule has 2 amide bonds. The van der Waals surface area contributed by atoms with Crippen molar-refractivity contribution in [1.29, 1.82) is 0 Å². The topological polar surface area (TPSA) is 95.9 Å². The van der Waals surface area contributed by atoms with Gasteiger partial charge >= 0.3 is 5.97 Å². The highest BCUT2D eigenvalue weighted by Gasteiger charge is 2.40. The number of nitrogens with one attached hydrogen (secondary N) is 1. The molecule has 0 aliphatic carbocycles. The first kappa shape index (κ1) is 17.5. The Morgan fingerprint density at radius 3 is 2.69 bits per heavy atom. The summed E-state index contributed by atoms with van der Waals surface area (Å²) in [7, 11) is 1.54. The lowest BCUT2D eigenvalue weighted by molar-refractivity contribution is -0.121. The summed E-state index contributed by atoms with van der Waals surface area (Å²) in [5, 5.41) is 12.2. The molecule has 0 saturated carbocycles. The van der Waals surface area contributed by atoms with Gasteiger partial charge in [0, 0.05) is 11.8 Å². The van der Waals surface area contributed by atoms with Crippen LogP contribution in [0.4, 0.5) is 11.4 Å². The number of carboxylic acids is 1. The van der Waals surface area contributed by atoms with E-state index in [1.165, 1.54) is 12.1 Å². The fourth-order valence-electron chi connectivity index (χ4n) is 2.90. The molecule has 7 nitrogen and oxygen atoms in total. The number of rotatable bonds is 5. The van der Waals surface area contributed by atoms with Crippen LogP contribution in [0.3, 0.4) is 0 Å². The number of carbonyl (C=O) groups excluding carboxylic acids is 2. The standard InChI is InChI=1S/C19H18N2O5/c1-11-6-7-12(19(24)25)8-16(11)21-17(22)10-15(18(21)23)20-13-4-3-5-14(9-13)26-2/h3-9,15,20H,10H2,1-2H3,(H,24,25)/t15-/m0/s1. The molecule has 2 N–H and O–H groups in total. The summed E-state index contributed by atoms with van der Waals surface area (Å²) in [4.78, 5) is 37.5. The second-order valence-electron chi connectivity index (χ2n) is 6.01. The van der Waals surface area contributed by atoms with Crippen LogP contribution in [0.5, 0.6) is 5.75 Å². The summed E-state index contributed by atoms with van der Waals surface area (Å²) in [6.07, 6.45) is -0.00716. The van der Waals surface area contributed by atoms with Crippen LogP contribution >= 0.6 is 0 Å². The van der Waals surface area contributed by atoms with E-state index in [-0.39, 0.29) is 17.9 Å². The molecule has 0 unspecified atom stereocenters. The van der Waals surface area contributed by atoms with Crippen molar-refractivity contribution >= 4 is 29.2 Å². The molecule has 134 valence electrons. The van der Waals surface area contributed by atoms with Gasteiger partial charge in [-0.1, -0.05) is 12.1 Å². The highest BCUT2D eigenvalue weighted by molar-refractivity contribution is 6.23. The van der Waals surface area contributed by atoms with Gasteiger partial charge < -0.3 is 15.2 Å². The predicted octanol–water partition coefficient (Wildman–Crippen LogP) is 2.45. The van der Waals surface area contributed by atoms with Gasteiger partial charge in [0.1, 0.15) is 11.8 Å². The third-order valence-electron chi connectivity index (χ3n) is 4.25. The lowest BCUT2D eigenvalue weighted by Gasteiger charge is -2.18. The van der Waals surface area contributed by atoms with E-state index in [9.17, 15) is 14.4 Å². The number of carbonyl (C=O) groups is 3. The SMILES string of the molecule is COc1cccc(N[C@H]2CC(=O)N(c3cc(C(=O)O)ccc3C)C2=O)c1. The van der Waals surface area contributed by atoms with Crippen molar-refractivity contribution in [3.63, 3.8) is 0 Å². The number of aryl methyl sites for hydroxylation is 1. The molecule has 1 heterocycles. The van der Waals surface area contributed by atoms with Crippen LogP contribution < -0.4 is 15.0 Å². The normalized spacial score (nSPS) is 16.7. The van der Waals surface area contributed by atoms with E-state index in [1.807, 2.05) is 0 Å². The van der Waals surface area contributed by atoms with Gasteiger partial charge in [-0.25, -0.2) is 9.69 Å². The Balaban J connectivity index is 1.87. The second-order valence-corrected chi connectivity index (χ2v) is 6.01. The van der Waals surface area contributed by atoms with Crippen LogP contribution in [0.15, 0.2) is 42.5 Å². The molecule has 0 radical (unpaired) electrons. The first-order chi connectivity index (χ1) is 12.4. The zero-order chi connectivity index (χ0) is 18.8. The number of carboxylic acid groups (broad SMARTS) is 1. The number of amides is 2. The van der Waals surface area contributed by atoms with Gasteiger partial charge in [-0.15, -0.1) is 0 Å². The predicted molar refractivity (Wildman–Crippen MR) is 95.7 cm³/mol. The maximum absolute atomic E-state index is 12.8. The Morgan fingerprint density at radius 2 is 2.00 bits per heavy atom. The molecule has 1 atom stereocenters.